The van der Waals surface area contributed by atoms with Crippen LogP contribution in [0.1, 0.15) is 13.8 Å². The monoisotopic (exact) mass is 144 g/mol. The Morgan fingerprint density at radius 3 is 2.80 bits per heavy atom. The lowest BCUT2D eigenvalue weighted by atomic mass is 10.1. The first-order valence-electron chi connectivity index (χ1n) is 3.73. The molecule has 1 heterocycles. The molecular formula is C7H16N2O. The number of hydrogen-bond acceptors (Lipinski definition) is 3. The fourth-order valence-corrected chi connectivity index (χ4v) is 1.20. The highest BCUT2D eigenvalue weighted by atomic mass is 16.5. The molecule has 0 aliphatic carbocycles. The van der Waals surface area contributed by atoms with Crippen molar-refractivity contribution in [3.63, 3.8) is 0 Å². The van der Waals surface area contributed by atoms with E-state index in [2.05, 4.69) is 19.2 Å². The molecule has 10 heavy (non-hydrogen) atoms. The van der Waals surface area contributed by atoms with Crippen LogP contribution >= 0.6 is 0 Å². The Hall–Kier alpha value is -0.120. The summed E-state index contributed by atoms with van der Waals surface area (Å²) in [5, 5.41) is 3.27. The molecule has 0 bridgehead atoms. The van der Waals surface area contributed by atoms with E-state index in [-0.39, 0.29) is 11.7 Å². The number of nitrogens with two attached hydrogens (primary N) is 1. The highest BCUT2D eigenvalue weighted by molar-refractivity contribution is 4.81. The summed E-state index contributed by atoms with van der Waals surface area (Å²) in [6.45, 7) is 6.56. The highest BCUT2D eigenvalue weighted by Gasteiger charge is 2.26. The minimum Gasteiger partial charge on any atom is -0.368 e. The molecule has 0 aromatic heterocycles. The predicted octanol–water partition coefficient (Wildman–Crippen LogP) is -0.288. The number of morpholine rings is 1. The standard InChI is InChI=1S/C7H16N2O/c1-7(2)5-9-4-6(3-8)10-7/h6,9H,3-5,8H2,1-2H3/t6-/m0/s1. The summed E-state index contributed by atoms with van der Waals surface area (Å²) in [5.74, 6) is 0. The van der Waals surface area contributed by atoms with E-state index in [0.717, 1.165) is 13.1 Å². The van der Waals surface area contributed by atoms with Crippen LogP contribution in [0.3, 0.4) is 0 Å². The fraction of sp³-hybridized carbons (Fsp3) is 1.00. The highest BCUT2D eigenvalue weighted by Crippen LogP contribution is 2.13. The van der Waals surface area contributed by atoms with Gasteiger partial charge in [0.05, 0.1) is 11.7 Å². The quantitative estimate of drug-likeness (QED) is 0.532. The van der Waals surface area contributed by atoms with E-state index in [4.69, 9.17) is 10.5 Å². The van der Waals surface area contributed by atoms with Gasteiger partial charge in [0.25, 0.3) is 0 Å². The second kappa shape index (κ2) is 2.86. The third-order valence-electron chi connectivity index (χ3n) is 1.67. The minimum absolute atomic E-state index is 0.0394. The molecule has 1 saturated heterocycles. The Bertz CT molecular complexity index is 114. The lowest BCUT2D eigenvalue weighted by molar-refractivity contribution is -0.0890. The van der Waals surface area contributed by atoms with Gasteiger partial charge < -0.3 is 15.8 Å². The zero-order chi connectivity index (χ0) is 7.61. The maximum atomic E-state index is 5.64. The molecule has 0 aromatic carbocycles. The van der Waals surface area contributed by atoms with Gasteiger partial charge in [-0.25, -0.2) is 0 Å². The molecule has 0 amide bonds. The molecule has 1 atom stereocenters. The van der Waals surface area contributed by atoms with Gasteiger partial charge in [-0.1, -0.05) is 0 Å². The average Bonchev–Trinajstić information content (AvgIpc) is 1.86. The molecule has 1 aliphatic heterocycles. The Kier molecular flexibility index (Phi) is 2.28. The Morgan fingerprint density at radius 1 is 1.70 bits per heavy atom. The van der Waals surface area contributed by atoms with Gasteiger partial charge in [-0.15, -0.1) is 0 Å². The van der Waals surface area contributed by atoms with Gasteiger partial charge in [0, 0.05) is 19.6 Å². The molecule has 1 rings (SSSR count). The third kappa shape index (κ3) is 1.94. The zero-order valence-electron chi connectivity index (χ0n) is 6.68. The van der Waals surface area contributed by atoms with E-state index < -0.39 is 0 Å². The van der Waals surface area contributed by atoms with Crippen molar-refractivity contribution in [2.45, 2.75) is 25.6 Å². The molecule has 0 radical (unpaired) electrons. The summed E-state index contributed by atoms with van der Waals surface area (Å²) < 4.78 is 5.64. The van der Waals surface area contributed by atoms with Gasteiger partial charge in [0.15, 0.2) is 0 Å². The number of nitrogens with one attached hydrogen (secondary N) is 1. The van der Waals surface area contributed by atoms with Crippen LogP contribution in [-0.2, 0) is 4.74 Å². The molecule has 3 N–H and O–H groups in total. The third-order valence-corrected chi connectivity index (χ3v) is 1.67. The van der Waals surface area contributed by atoms with Crippen LogP contribution in [0.15, 0.2) is 0 Å². The van der Waals surface area contributed by atoms with E-state index in [0.29, 0.717) is 6.54 Å². The van der Waals surface area contributed by atoms with Crippen molar-refractivity contribution in [1.29, 1.82) is 0 Å². The van der Waals surface area contributed by atoms with E-state index >= 15 is 0 Å². The second-order valence-corrected chi connectivity index (χ2v) is 3.37. The predicted molar refractivity (Wildman–Crippen MR) is 40.9 cm³/mol. The van der Waals surface area contributed by atoms with Gasteiger partial charge in [-0.3, -0.25) is 0 Å². The van der Waals surface area contributed by atoms with E-state index in [1.807, 2.05) is 0 Å². The van der Waals surface area contributed by atoms with Crippen molar-refractivity contribution in [1.82, 2.24) is 5.32 Å². The Morgan fingerprint density at radius 2 is 2.40 bits per heavy atom. The normalized spacial score (nSPS) is 32.1. The molecule has 0 spiro atoms. The van der Waals surface area contributed by atoms with Crippen molar-refractivity contribution in [2.75, 3.05) is 19.6 Å². The van der Waals surface area contributed by atoms with Crippen LogP contribution in [0.4, 0.5) is 0 Å². The largest absolute Gasteiger partial charge is 0.368 e. The van der Waals surface area contributed by atoms with Gasteiger partial charge >= 0.3 is 0 Å². The molecular weight excluding hydrogens is 128 g/mol. The van der Waals surface area contributed by atoms with Crippen molar-refractivity contribution in [2.24, 2.45) is 5.73 Å². The van der Waals surface area contributed by atoms with Crippen LogP contribution in [0.25, 0.3) is 0 Å². The fourth-order valence-electron chi connectivity index (χ4n) is 1.20. The maximum Gasteiger partial charge on any atom is 0.0829 e. The van der Waals surface area contributed by atoms with Gasteiger partial charge in [0.2, 0.25) is 0 Å². The summed E-state index contributed by atoms with van der Waals surface area (Å²) in [4.78, 5) is 0. The zero-order valence-corrected chi connectivity index (χ0v) is 6.68. The Labute approximate surface area is 61.9 Å². The van der Waals surface area contributed by atoms with Crippen molar-refractivity contribution < 1.29 is 4.74 Å². The van der Waals surface area contributed by atoms with Crippen LogP contribution in [0.2, 0.25) is 0 Å². The lowest BCUT2D eigenvalue weighted by Crippen LogP contribution is -2.52. The molecule has 3 nitrogen and oxygen atoms in total. The summed E-state index contributed by atoms with van der Waals surface area (Å²) in [6.07, 6.45) is 0.198. The first kappa shape index (κ1) is 7.98. The van der Waals surface area contributed by atoms with Gasteiger partial charge in [-0.2, -0.15) is 0 Å². The average molecular weight is 144 g/mol. The number of rotatable bonds is 1. The maximum absolute atomic E-state index is 5.64. The smallest absolute Gasteiger partial charge is 0.0829 e. The SMILES string of the molecule is CC1(C)CNC[C@H](CN)O1. The molecule has 0 unspecified atom stereocenters. The summed E-state index contributed by atoms with van der Waals surface area (Å²) in [6, 6.07) is 0. The first-order valence-corrected chi connectivity index (χ1v) is 3.73. The van der Waals surface area contributed by atoms with Gasteiger partial charge in [-0.05, 0) is 13.8 Å². The molecule has 3 heteroatoms. The van der Waals surface area contributed by atoms with E-state index in [9.17, 15) is 0 Å². The summed E-state index contributed by atoms with van der Waals surface area (Å²) in [5.41, 5.74) is 5.42. The Balaban J connectivity index is 2.40. The molecule has 1 aliphatic rings. The second-order valence-electron chi connectivity index (χ2n) is 3.37. The van der Waals surface area contributed by atoms with Crippen molar-refractivity contribution in [3.8, 4) is 0 Å². The van der Waals surface area contributed by atoms with Crippen LogP contribution in [0, 0.1) is 0 Å². The van der Waals surface area contributed by atoms with Crippen LogP contribution in [0.5, 0.6) is 0 Å². The van der Waals surface area contributed by atoms with Crippen LogP contribution < -0.4 is 11.1 Å². The van der Waals surface area contributed by atoms with E-state index in [1.54, 1.807) is 0 Å². The van der Waals surface area contributed by atoms with Crippen molar-refractivity contribution in [3.05, 3.63) is 0 Å². The number of ether oxygens (including phenoxy) is 1. The van der Waals surface area contributed by atoms with Crippen molar-refractivity contribution >= 4 is 0 Å². The summed E-state index contributed by atoms with van der Waals surface area (Å²) >= 11 is 0. The summed E-state index contributed by atoms with van der Waals surface area (Å²) in [7, 11) is 0. The van der Waals surface area contributed by atoms with Gasteiger partial charge in [0.1, 0.15) is 0 Å². The van der Waals surface area contributed by atoms with E-state index in [1.165, 1.54) is 0 Å². The first-order chi connectivity index (χ1) is 4.64. The number of hydrogen-bond donors (Lipinski definition) is 2. The van der Waals surface area contributed by atoms with Crippen LogP contribution in [-0.4, -0.2) is 31.3 Å². The topological polar surface area (TPSA) is 47.3 Å². The molecule has 1 fully saturated rings. The lowest BCUT2D eigenvalue weighted by Gasteiger charge is -2.36. The molecule has 0 aromatic rings. The minimum atomic E-state index is -0.0394. The molecule has 60 valence electrons. The molecule has 0 saturated carbocycles.